The van der Waals surface area contributed by atoms with E-state index in [1.54, 1.807) is 7.11 Å². The van der Waals surface area contributed by atoms with E-state index in [2.05, 4.69) is 51.5 Å². The SMILES string of the molecule is CCN(CCCNC(=O)C1CCCN(c2nc(-c3ccc(OC)cc3)no2)C1)Cc1ccccc1. The number of nitrogens with one attached hydrogen (secondary N) is 1. The van der Waals surface area contributed by atoms with Crippen LogP contribution in [-0.4, -0.2) is 60.8 Å². The van der Waals surface area contributed by atoms with Gasteiger partial charge >= 0.3 is 6.01 Å². The number of aromatic nitrogens is 2. The van der Waals surface area contributed by atoms with Gasteiger partial charge in [0.2, 0.25) is 11.7 Å². The number of methoxy groups -OCH3 is 1. The molecular formula is C27H35N5O3. The van der Waals surface area contributed by atoms with Crippen molar-refractivity contribution in [2.45, 2.75) is 32.7 Å². The third-order valence-corrected chi connectivity index (χ3v) is 6.47. The van der Waals surface area contributed by atoms with Crippen molar-refractivity contribution < 1.29 is 14.1 Å². The Kier molecular flexibility index (Phi) is 8.73. The van der Waals surface area contributed by atoms with Crippen molar-refractivity contribution >= 4 is 11.9 Å². The molecule has 8 nitrogen and oxygen atoms in total. The van der Waals surface area contributed by atoms with Crippen LogP contribution in [0.4, 0.5) is 6.01 Å². The van der Waals surface area contributed by atoms with Gasteiger partial charge in [-0.1, -0.05) is 42.4 Å². The molecule has 0 radical (unpaired) electrons. The molecule has 3 aromatic rings. The molecule has 1 amide bonds. The molecule has 8 heteroatoms. The molecule has 0 aliphatic carbocycles. The molecule has 0 bridgehead atoms. The first-order valence-corrected chi connectivity index (χ1v) is 12.4. The Morgan fingerprint density at radius 3 is 2.74 bits per heavy atom. The highest BCUT2D eigenvalue weighted by Gasteiger charge is 2.28. The van der Waals surface area contributed by atoms with Crippen molar-refractivity contribution in [3.8, 4) is 17.1 Å². The third-order valence-electron chi connectivity index (χ3n) is 6.47. The third kappa shape index (κ3) is 6.82. The smallest absolute Gasteiger partial charge is 0.324 e. The van der Waals surface area contributed by atoms with Crippen LogP contribution in [0.3, 0.4) is 0 Å². The fourth-order valence-corrected chi connectivity index (χ4v) is 4.42. The highest BCUT2D eigenvalue weighted by molar-refractivity contribution is 5.79. The summed E-state index contributed by atoms with van der Waals surface area (Å²) in [6.07, 6.45) is 2.72. The van der Waals surface area contributed by atoms with E-state index in [-0.39, 0.29) is 11.8 Å². The molecule has 1 aliphatic rings. The van der Waals surface area contributed by atoms with E-state index in [0.717, 1.165) is 56.8 Å². The number of benzene rings is 2. The van der Waals surface area contributed by atoms with Gasteiger partial charge in [-0.25, -0.2) is 0 Å². The second-order valence-electron chi connectivity index (χ2n) is 8.91. The summed E-state index contributed by atoms with van der Waals surface area (Å²) in [5, 5.41) is 7.27. The van der Waals surface area contributed by atoms with Crippen molar-refractivity contribution in [3.05, 3.63) is 60.2 Å². The minimum Gasteiger partial charge on any atom is -0.497 e. The first-order valence-electron chi connectivity index (χ1n) is 12.4. The van der Waals surface area contributed by atoms with Gasteiger partial charge in [-0.2, -0.15) is 4.98 Å². The van der Waals surface area contributed by atoms with E-state index in [0.29, 0.717) is 24.9 Å². The van der Waals surface area contributed by atoms with Gasteiger partial charge in [0.15, 0.2) is 0 Å². The summed E-state index contributed by atoms with van der Waals surface area (Å²) in [7, 11) is 1.64. The van der Waals surface area contributed by atoms with Crippen molar-refractivity contribution in [1.82, 2.24) is 20.4 Å². The van der Waals surface area contributed by atoms with Crippen LogP contribution >= 0.6 is 0 Å². The van der Waals surface area contributed by atoms with Crippen LogP contribution in [0.5, 0.6) is 5.75 Å². The Hall–Kier alpha value is -3.39. The fraction of sp³-hybridized carbons (Fsp3) is 0.444. The summed E-state index contributed by atoms with van der Waals surface area (Å²) < 4.78 is 10.7. The molecule has 1 aliphatic heterocycles. The minimum atomic E-state index is -0.0771. The van der Waals surface area contributed by atoms with Crippen molar-refractivity contribution in [1.29, 1.82) is 0 Å². The monoisotopic (exact) mass is 477 g/mol. The highest BCUT2D eigenvalue weighted by Crippen LogP contribution is 2.26. The van der Waals surface area contributed by atoms with Gasteiger partial charge < -0.3 is 19.5 Å². The highest BCUT2D eigenvalue weighted by atomic mass is 16.5. The van der Waals surface area contributed by atoms with Crippen molar-refractivity contribution in [2.75, 3.05) is 44.7 Å². The summed E-state index contributed by atoms with van der Waals surface area (Å²) >= 11 is 0. The fourth-order valence-electron chi connectivity index (χ4n) is 4.42. The van der Waals surface area contributed by atoms with Crippen molar-refractivity contribution in [2.24, 2.45) is 5.92 Å². The normalized spacial score (nSPS) is 15.9. The Morgan fingerprint density at radius 2 is 2.00 bits per heavy atom. The average Bonchev–Trinajstić information content (AvgIpc) is 3.41. The number of ether oxygens (including phenoxy) is 1. The van der Waals surface area contributed by atoms with Crippen LogP contribution in [0.1, 0.15) is 31.7 Å². The maximum atomic E-state index is 12.8. The number of amides is 1. The molecule has 1 atom stereocenters. The molecule has 0 spiro atoms. The van der Waals surface area contributed by atoms with Gasteiger partial charge in [0.25, 0.3) is 0 Å². The van der Waals surface area contributed by atoms with E-state index < -0.39 is 0 Å². The van der Waals surface area contributed by atoms with Gasteiger partial charge in [0.1, 0.15) is 5.75 Å². The largest absolute Gasteiger partial charge is 0.497 e. The maximum absolute atomic E-state index is 12.8. The molecule has 186 valence electrons. The molecular weight excluding hydrogens is 442 g/mol. The molecule has 1 fully saturated rings. The van der Waals surface area contributed by atoms with Crippen molar-refractivity contribution in [3.63, 3.8) is 0 Å². The number of hydrogen-bond acceptors (Lipinski definition) is 7. The van der Waals surface area contributed by atoms with Gasteiger partial charge in [-0.05, 0) is 55.6 Å². The van der Waals surface area contributed by atoms with Crippen LogP contribution in [0.25, 0.3) is 11.4 Å². The van der Waals surface area contributed by atoms with Gasteiger partial charge in [0.05, 0.1) is 13.0 Å². The second kappa shape index (κ2) is 12.4. The van der Waals surface area contributed by atoms with E-state index in [1.807, 2.05) is 35.2 Å². The first-order chi connectivity index (χ1) is 17.2. The zero-order valence-corrected chi connectivity index (χ0v) is 20.7. The quantitative estimate of drug-likeness (QED) is 0.418. The lowest BCUT2D eigenvalue weighted by atomic mass is 9.97. The van der Waals surface area contributed by atoms with Crippen LogP contribution in [0.2, 0.25) is 0 Å². The lowest BCUT2D eigenvalue weighted by Gasteiger charge is -2.30. The second-order valence-corrected chi connectivity index (χ2v) is 8.91. The van der Waals surface area contributed by atoms with E-state index in [1.165, 1.54) is 5.56 Å². The molecule has 1 saturated heterocycles. The minimum absolute atomic E-state index is 0.0771. The Labute approximate surface area is 207 Å². The van der Waals surface area contributed by atoms with E-state index in [4.69, 9.17) is 9.26 Å². The Balaban J connectivity index is 1.23. The predicted octanol–water partition coefficient (Wildman–Crippen LogP) is 3.99. The number of rotatable bonds is 11. The summed E-state index contributed by atoms with van der Waals surface area (Å²) in [6.45, 7) is 7.13. The van der Waals surface area contributed by atoms with Gasteiger partial charge in [-0.3, -0.25) is 9.69 Å². The summed E-state index contributed by atoms with van der Waals surface area (Å²) in [5.41, 5.74) is 2.18. The Bertz CT molecular complexity index is 1050. The van der Waals surface area contributed by atoms with Crippen LogP contribution < -0.4 is 15.0 Å². The number of nitrogens with zero attached hydrogens (tertiary/aromatic N) is 4. The van der Waals surface area contributed by atoms with Crippen LogP contribution in [-0.2, 0) is 11.3 Å². The molecule has 2 heterocycles. The van der Waals surface area contributed by atoms with E-state index >= 15 is 0 Å². The van der Waals surface area contributed by atoms with Gasteiger partial charge in [0, 0.05) is 38.3 Å². The summed E-state index contributed by atoms with van der Waals surface area (Å²) in [5.74, 6) is 1.34. The zero-order chi connectivity index (χ0) is 24.5. The average molecular weight is 478 g/mol. The van der Waals surface area contributed by atoms with E-state index in [9.17, 15) is 4.79 Å². The summed E-state index contributed by atoms with van der Waals surface area (Å²) in [4.78, 5) is 21.8. The Morgan fingerprint density at radius 1 is 1.20 bits per heavy atom. The standard InChI is InChI=1S/C27H35N5O3/c1-3-31(19-21-9-5-4-6-10-21)17-8-16-28-26(33)23-11-7-18-32(20-23)27-29-25(30-35-27)22-12-14-24(34-2)15-13-22/h4-6,9-10,12-15,23H,3,7-8,11,16-20H2,1-2H3,(H,28,33). The molecule has 1 N–H and O–H groups in total. The summed E-state index contributed by atoms with van der Waals surface area (Å²) in [6, 6.07) is 18.5. The lowest BCUT2D eigenvalue weighted by Crippen LogP contribution is -2.43. The maximum Gasteiger partial charge on any atom is 0.324 e. The molecule has 4 rings (SSSR count). The molecule has 1 aromatic heterocycles. The number of hydrogen-bond donors (Lipinski definition) is 1. The number of piperidine rings is 1. The number of anilines is 1. The van der Waals surface area contributed by atoms with Crippen LogP contribution in [0.15, 0.2) is 59.1 Å². The molecule has 2 aromatic carbocycles. The molecule has 0 saturated carbocycles. The lowest BCUT2D eigenvalue weighted by molar-refractivity contribution is -0.125. The number of carbonyl (C=O) groups is 1. The topological polar surface area (TPSA) is 83.7 Å². The predicted molar refractivity (Wildman–Crippen MR) is 136 cm³/mol. The molecule has 35 heavy (non-hydrogen) atoms. The molecule has 1 unspecified atom stereocenters. The number of carbonyl (C=O) groups excluding carboxylic acids is 1. The van der Waals surface area contributed by atoms with Gasteiger partial charge in [-0.15, -0.1) is 0 Å². The first kappa shape index (κ1) is 24.7. The van der Waals surface area contributed by atoms with Crippen LogP contribution in [0, 0.1) is 5.92 Å². The zero-order valence-electron chi connectivity index (χ0n) is 20.7.